The Kier molecular flexibility index (Phi) is 3.81. The number of rotatable bonds is 3. The number of halogens is 1. The molecule has 0 aliphatic carbocycles. The number of hydrogen-bond donors (Lipinski definition) is 0. The zero-order valence-electron chi connectivity index (χ0n) is 12.1. The molecule has 4 rings (SSSR count). The maximum Gasteiger partial charge on any atom is 0.0935 e. The molecular weight excluding hydrogens is 370 g/mol. The number of para-hydroxylation sites is 1. The standard InChI is InChI=1S/C18H12BrN3S/c19-18-7-6-17(23-18)16-12-15(13-8-10-20-11-9-13)21-22(16)14-4-2-1-3-5-14/h1-12H. The van der Waals surface area contributed by atoms with Crippen molar-refractivity contribution in [3.05, 3.63) is 76.8 Å². The lowest BCUT2D eigenvalue weighted by Crippen LogP contribution is -1.98. The van der Waals surface area contributed by atoms with Gasteiger partial charge in [-0.15, -0.1) is 11.3 Å². The van der Waals surface area contributed by atoms with Crippen LogP contribution in [0.3, 0.4) is 0 Å². The fourth-order valence-corrected chi connectivity index (χ4v) is 3.83. The summed E-state index contributed by atoms with van der Waals surface area (Å²) >= 11 is 5.24. The van der Waals surface area contributed by atoms with Crippen LogP contribution in [-0.4, -0.2) is 14.8 Å². The summed E-state index contributed by atoms with van der Waals surface area (Å²) in [5, 5.41) is 4.82. The molecule has 5 heteroatoms. The van der Waals surface area contributed by atoms with Gasteiger partial charge >= 0.3 is 0 Å². The minimum atomic E-state index is 0.941. The number of thiophene rings is 1. The summed E-state index contributed by atoms with van der Waals surface area (Å²) in [5.41, 5.74) is 4.13. The average Bonchev–Trinajstić information content (AvgIpc) is 3.23. The zero-order valence-corrected chi connectivity index (χ0v) is 14.5. The number of hydrogen-bond acceptors (Lipinski definition) is 3. The summed E-state index contributed by atoms with van der Waals surface area (Å²) in [6.07, 6.45) is 3.58. The van der Waals surface area contributed by atoms with Crippen LogP contribution in [-0.2, 0) is 0 Å². The highest BCUT2D eigenvalue weighted by molar-refractivity contribution is 9.11. The molecule has 0 spiro atoms. The molecule has 3 aromatic heterocycles. The molecule has 3 nitrogen and oxygen atoms in total. The molecule has 0 aliphatic rings. The minimum absolute atomic E-state index is 0.941. The number of aromatic nitrogens is 3. The van der Waals surface area contributed by atoms with Gasteiger partial charge in [0.1, 0.15) is 0 Å². The maximum absolute atomic E-state index is 4.82. The van der Waals surface area contributed by atoms with Gasteiger partial charge in [-0.25, -0.2) is 4.68 Å². The van der Waals surface area contributed by atoms with E-state index < -0.39 is 0 Å². The first-order valence-electron chi connectivity index (χ1n) is 7.13. The highest BCUT2D eigenvalue weighted by atomic mass is 79.9. The molecule has 0 amide bonds. The van der Waals surface area contributed by atoms with Crippen molar-refractivity contribution in [2.45, 2.75) is 0 Å². The Bertz CT molecular complexity index is 929. The van der Waals surface area contributed by atoms with Gasteiger partial charge in [-0.3, -0.25) is 4.98 Å². The van der Waals surface area contributed by atoms with Crippen LogP contribution in [0, 0.1) is 0 Å². The second kappa shape index (κ2) is 6.10. The summed E-state index contributed by atoms with van der Waals surface area (Å²) in [7, 11) is 0. The van der Waals surface area contributed by atoms with Crippen LogP contribution in [0.15, 0.2) is 76.8 Å². The Morgan fingerprint density at radius 3 is 2.39 bits per heavy atom. The number of nitrogens with zero attached hydrogens (tertiary/aromatic N) is 3. The molecule has 0 saturated carbocycles. The van der Waals surface area contributed by atoms with Crippen molar-refractivity contribution in [1.29, 1.82) is 0 Å². The van der Waals surface area contributed by atoms with E-state index in [0.29, 0.717) is 0 Å². The molecule has 3 heterocycles. The van der Waals surface area contributed by atoms with Crippen LogP contribution < -0.4 is 0 Å². The second-order valence-electron chi connectivity index (χ2n) is 5.00. The van der Waals surface area contributed by atoms with E-state index in [-0.39, 0.29) is 0 Å². The lowest BCUT2D eigenvalue weighted by atomic mass is 10.2. The molecule has 23 heavy (non-hydrogen) atoms. The monoisotopic (exact) mass is 381 g/mol. The van der Waals surface area contributed by atoms with Crippen molar-refractivity contribution in [2.75, 3.05) is 0 Å². The van der Waals surface area contributed by atoms with Crippen LogP contribution in [0.25, 0.3) is 27.5 Å². The SMILES string of the molecule is Brc1ccc(-c2cc(-c3ccncc3)nn2-c2ccccc2)s1. The van der Waals surface area contributed by atoms with Crippen LogP contribution in [0.5, 0.6) is 0 Å². The van der Waals surface area contributed by atoms with Gasteiger partial charge < -0.3 is 0 Å². The van der Waals surface area contributed by atoms with Crippen LogP contribution in [0.2, 0.25) is 0 Å². The Morgan fingerprint density at radius 2 is 1.70 bits per heavy atom. The van der Waals surface area contributed by atoms with Gasteiger partial charge in [0, 0.05) is 18.0 Å². The van der Waals surface area contributed by atoms with Crippen molar-refractivity contribution in [2.24, 2.45) is 0 Å². The van der Waals surface area contributed by atoms with Gasteiger partial charge in [-0.1, -0.05) is 18.2 Å². The van der Waals surface area contributed by atoms with Gasteiger partial charge in [-0.2, -0.15) is 5.10 Å². The molecule has 4 aromatic rings. The minimum Gasteiger partial charge on any atom is -0.265 e. The third-order valence-electron chi connectivity index (χ3n) is 3.51. The zero-order chi connectivity index (χ0) is 15.6. The van der Waals surface area contributed by atoms with Crippen LogP contribution in [0.4, 0.5) is 0 Å². The van der Waals surface area contributed by atoms with Crippen molar-refractivity contribution >= 4 is 27.3 Å². The maximum atomic E-state index is 4.82. The molecule has 0 N–H and O–H groups in total. The Morgan fingerprint density at radius 1 is 0.913 bits per heavy atom. The van der Waals surface area contributed by atoms with E-state index in [1.54, 1.807) is 23.7 Å². The largest absolute Gasteiger partial charge is 0.265 e. The quantitative estimate of drug-likeness (QED) is 0.473. The summed E-state index contributed by atoms with van der Waals surface area (Å²) in [5.74, 6) is 0. The van der Waals surface area contributed by atoms with Crippen LogP contribution in [0.1, 0.15) is 0 Å². The lowest BCUT2D eigenvalue weighted by molar-refractivity contribution is 0.893. The first kappa shape index (κ1) is 14.4. The molecule has 0 aliphatic heterocycles. The van der Waals surface area contributed by atoms with E-state index in [2.05, 4.69) is 51.2 Å². The van der Waals surface area contributed by atoms with Gasteiger partial charge in [0.15, 0.2) is 0 Å². The van der Waals surface area contributed by atoms with Gasteiger partial charge in [0.25, 0.3) is 0 Å². The average molecular weight is 382 g/mol. The Balaban J connectivity index is 1.91. The van der Waals surface area contributed by atoms with E-state index in [9.17, 15) is 0 Å². The van der Waals surface area contributed by atoms with Crippen molar-refractivity contribution in [1.82, 2.24) is 14.8 Å². The van der Waals surface area contributed by atoms with Gasteiger partial charge in [0.05, 0.1) is 25.7 Å². The third-order valence-corrected chi connectivity index (χ3v) is 5.16. The molecule has 0 bridgehead atoms. The number of pyridine rings is 1. The predicted molar refractivity (Wildman–Crippen MR) is 97.8 cm³/mol. The van der Waals surface area contributed by atoms with Crippen molar-refractivity contribution < 1.29 is 0 Å². The molecule has 0 atom stereocenters. The summed E-state index contributed by atoms with van der Waals surface area (Å²) < 4.78 is 3.10. The van der Waals surface area contributed by atoms with Crippen LogP contribution >= 0.6 is 27.3 Å². The molecule has 0 fully saturated rings. The fourth-order valence-electron chi connectivity index (χ4n) is 2.44. The lowest BCUT2D eigenvalue weighted by Gasteiger charge is -2.05. The van der Waals surface area contributed by atoms with E-state index >= 15 is 0 Å². The predicted octanol–water partition coefficient (Wildman–Crippen LogP) is 5.43. The topological polar surface area (TPSA) is 30.7 Å². The summed E-state index contributed by atoms with van der Waals surface area (Å²) in [6.45, 7) is 0. The molecule has 112 valence electrons. The van der Waals surface area contributed by atoms with E-state index in [4.69, 9.17) is 5.10 Å². The normalized spacial score (nSPS) is 10.8. The third kappa shape index (κ3) is 2.85. The van der Waals surface area contributed by atoms with Gasteiger partial charge in [0.2, 0.25) is 0 Å². The Hall–Kier alpha value is -2.24. The first-order valence-corrected chi connectivity index (χ1v) is 8.74. The van der Waals surface area contributed by atoms with E-state index in [0.717, 1.165) is 26.4 Å². The van der Waals surface area contributed by atoms with E-state index in [1.807, 2.05) is 35.0 Å². The Labute approximate surface area is 146 Å². The van der Waals surface area contributed by atoms with Gasteiger partial charge in [-0.05, 0) is 58.4 Å². The van der Waals surface area contributed by atoms with Crippen molar-refractivity contribution in [3.8, 4) is 27.5 Å². The highest BCUT2D eigenvalue weighted by Crippen LogP contribution is 2.34. The molecule has 0 saturated heterocycles. The smallest absolute Gasteiger partial charge is 0.0935 e. The molecular formula is C18H12BrN3S. The summed E-state index contributed by atoms with van der Waals surface area (Å²) in [6, 6.07) is 20.5. The molecule has 1 aromatic carbocycles. The molecule has 0 unspecified atom stereocenters. The fraction of sp³-hybridized carbons (Fsp3) is 0. The summed E-state index contributed by atoms with van der Waals surface area (Å²) in [4.78, 5) is 5.26. The highest BCUT2D eigenvalue weighted by Gasteiger charge is 2.14. The first-order chi connectivity index (χ1) is 11.3. The second-order valence-corrected chi connectivity index (χ2v) is 7.46. The van der Waals surface area contributed by atoms with E-state index in [1.165, 1.54) is 4.88 Å². The van der Waals surface area contributed by atoms with Crippen molar-refractivity contribution in [3.63, 3.8) is 0 Å². The molecule has 0 radical (unpaired) electrons. The number of benzene rings is 1.